The lowest BCUT2D eigenvalue weighted by Gasteiger charge is -2.05. The number of carbonyl (C=O) groups is 1. The number of aromatic nitrogens is 1. The maximum Gasteiger partial charge on any atom is 0.220 e. The summed E-state index contributed by atoms with van der Waals surface area (Å²) in [6.07, 6.45) is 3.30. The minimum Gasteiger partial charge on any atom is -0.497 e. The molecule has 3 rings (SSSR count). The molecule has 1 N–H and O–H groups in total. The number of halogens is 1. The van der Waals surface area contributed by atoms with Gasteiger partial charge >= 0.3 is 0 Å². The van der Waals surface area contributed by atoms with E-state index in [2.05, 4.69) is 26.2 Å². The van der Waals surface area contributed by atoms with Crippen LogP contribution in [0.4, 0.5) is 0 Å². The van der Waals surface area contributed by atoms with Crippen LogP contribution in [-0.2, 0) is 17.6 Å². The molecule has 0 radical (unpaired) electrons. The van der Waals surface area contributed by atoms with Crippen molar-refractivity contribution in [2.24, 2.45) is 0 Å². The first-order valence-electron chi connectivity index (χ1n) is 8.74. The zero-order valence-corrected chi connectivity index (χ0v) is 16.7. The zero-order chi connectivity index (χ0) is 19.1. The van der Waals surface area contributed by atoms with Crippen molar-refractivity contribution < 1.29 is 13.9 Å². The predicted molar refractivity (Wildman–Crippen MR) is 108 cm³/mol. The average Bonchev–Trinajstić information content (AvgIpc) is 3.16. The Balaban J connectivity index is 1.42. The van der Waals surface area contributed by atoms with Gasteiger partial charge in [-0.15, -0.1) is 0 Å². The molecular formula is C21H21BrN2O3. The highest BCUT2D eigenvalue weighted by Gasteiger charge is 2.09. The third-order valence-electron chi connectivity index (χ3n) is 4.14. The van der Waals surface area contributed by atoms with Crippen LogP contribution in [0.25, 0.3) is 11.3 Å². The molecule has 2 aromatic carbocycles. The molecule has 0 unspecified atom stereocenters. The number of amides is 1. The predicted octanol–water partition coefficient (Wildman–Crippen LogP) is 4.40. The van der Waals surface area contributed by atoms with E-state index in [0.717, 1.165) is 27.8 Å². The number of rotatable bonds is 8. The summed E-state index contributed by atoms with van der Waals surface area (Å²) in [5.41, 5.74) is 2.11. The molecule has 0 aliphatic rings. The van der Waals surface area contributed by atoms with Gasteiger partial charge in [0, 0.05) is 29.4 Å². The van der Waals surface area contributed by atoms with Gasteiger partial charge in [0.2, 0.25) is 5.91 Å². The van der Waals surface area contributed by atoms with Gasteiger partial charge < -0.3 is 14.5 Å². The summed E-state index contributed by atoms with van der Waals surface area (Å²) >= 11 is 3.41. The van der Waals surface area contributed by atoms with Gasteiger partial charge in [-0.3, -0.25) is 4.79 Å². The van der Waals surface area contributed by atoms with E-state index in [4.69, 9.17) is 9.15 Å². The highest BCUT2D eigenvalue weighted by molar-refractivity contribution is 9.10. The summed E-state index contributed by atoms with van der Waals surface area (Å²) in [7, 11) is 1.64. The number of aryl methyl sites for hydroxylation is 1. The summed E-state index contributed by atoms with van der Waals surface area (Å²) < 4.78 is 11.9. The molecule has 0 saturated carbocycles. The second-order valence-electron chi connectivity index (χ2n) is 6.07. The van der Waals surface area contributed by atoms with E-state index in [1.165, 1.54) is 0 Å². The van der Waals surface area contributed by atoms with Crippen LogP contribution in [0.1, 0.15) is 17.9 Å². The standard InChI is InChI=1S/C21H21BrN2O3/c1-26-18-8-2-15(3-9-18)12-13-23-20(25)10-11-21-24-14-19(27-21)16-4-6-17(22)7-5-16/h2-9,14H,10-13H2,1H3,(H,23,25). The first kappa shape index (κ1) is 19.2. The molecule has 0 bridgehead atoms. The van der Waals surface area contributed by atoms with E-state index in [1.54, 1.807) is 13.3 Å². The Labute approximate surface area is 166 Å². The number of oxazole rings is 1. The number of nitrogens with one attached hydrogen (secondary N) is 1. The molecule has 140 valence electrons. The first-order valence-corrected chi connectivity index (χ1v) is 9.53. The maximum absolute atomic E-state index is 12.0. The molecule has 6 heteroatoms. The van der Waals surface area contributed by atoms with Crippen LogP contribution in [-0.4, -0.2) is 24.5 Å². The Morgan fingerprint density at radius 1 is 1.11 bits per heavy atom. The summed E-state index contributed by atoms with van der Waals surface area (Å²) in [4.78, 5) is 16.3. The van der Waals surface area contributed by atoms with Crippen molar-refractivity contribution in [2.45, 2.75) is 19.3 Å². The van der Waals surface area contributed by atoms with Crippen LogP contribution < -0.4 is 10.1 Å². The van der Waals surface area contributed by atoms with E-state index in [0.29, 0.717) is 31.0 Å². The SMILES string of the molecule is COc1ccc(CCNC(=O)CCc2ncc(-c3ccc(Br)cc3)o2)cc1. The monoisotopic (exact) mass is 428 g/mol. The summed E-state index contributed by atoms with van der Waals surface area (Å²) in [6, 6.07) is 15.7. The molecule has 0 atom stereocenters. The summed E-state index contributed by atoms with van der Waals surface area (Å²) in [5, 5.41) is 2.93. The molecule has 0 fully saturated rings. The second kappa shape index (κ2) is 9.37. The molecule has 5 nitrogen and oxygen atoms in total. The normalized spacial score (nSPS) is 10.6. The topological polar surface area (TPSA) is 64.4 Å². The number of ether oxygens (including phenoxy) is 1. The van der Waals surface area contributed by atoms with Gasteiger partial charge in [0.25, 0.3) is 0 Å². The van der Waals surface area contributed by atoms with Crippen LogP contribution in [0.2, 0.25) is 0 Å². The lowest BCUT2D eigenvalue weighted by molar-refractivity contribution is -0.121. The Bertz CT molecular complexity index is 873. The minimum atomic E-state index is -0.00750. The van der Waals surface area contributed by atoms with Gasteiger partial charge in [-0.1, -0.05) is 40.2 Å². The van der Waals surface area contributed by atoms with Gasteiger partial charge in [0.05, 0.1) is 13.3 Å². The van der Waals surface area contributed by atoms with Gasteiger partial charge in [0.1, 0.15) is 5.75 Å². The van der Waals surface area contributed by atoms with Crippen molar-refractivity contribution in [2.75, 3.05) is 13.7 Å². The number of hydrogen-bond acceptors (Lipinski definition) is 4. The van der Waals surface area contributed by atoms with Crippen LogP contribution in [0.15, 0.2) is 63.6 Å². The highest BCUT2D eigenvalue weighted by atomic mass is 79.9. The van der Waals surface area contributed by atoms with Crippen LogP contribution >= 0.6 is 15.9 Å². The van der Waals surface area contributed by atoms with Gasteiger partial charge in [-0.05, 0) is 36.2 Å². The largest absolute Gasteiger partial charge is 0.497 e. The van der Waals surface area contributed by atoms with E-state index >= 15 is 0 Å². The average molecular weight is 429 g/mol. The third kappa shape index (κ3) is 5.69. The van der Waals surface area contributed by atoms with Crippen molar-refractivity contribution in [1.29, 1.82) is 0 Å². The Morgan fingerprint density at radius 3 is 2.56 bits per heavy atom. The van der Waals surface area contributed by atoms with Crippen molar-refractivity contribution in [3.05, 3.63) is 70.7 Å². The van der Waals surface area contributed by atoms with Crippen molar-refractivity contribution >= 4 is 21.8 Å². The first-order chi connectivity index (χ1) is 13.1. The van der Waals surface area contributed by atoms with E-state index in [-0.39, 0.29) is 5.91 Å². The fraction of sp³-hybridized carbons (Fsp3) is 0.238. The highest BCUT2D eigenvalue weighted by Crippen LogP contribution is 2.22. The minimum absolute atomic E-state index is 0.00750. The zero-order valence-electron chi connectivity index (χ0n) is 15.1. The van der Waals surface area contributed by atoms with E-state index in [1.807, 2.05) is 48.5 Å². The Morgan fingerprint density at radius 2 is 1.85 bits per heavy atom. The third-order valence-corrected chi connectivity index (χ3v) is 4.67. The Hall–Kier alpha value is -2.60. The molecule has 1 aromatic heterocycles. The summed E-state index contributed by atoms with van der Waals surface area (Å²) in [5.74, 6) is 2.10. The number of methoxy groups -OCH3 is 1. The van der Waals surface area contributed by atoms with Gasteiger partial charge in [-0.25, -0.2) is 4.98 Å². The molecule has 3 aromatic rings. The fourth-order valence-electron chi connectivity index (χ4n) is 2.62. The van der Waals surface area contributed by atoms with Crippen LogP contribution in [0.5, 0.6) is 5.75 Å². The van der Waals surface area contributed by atoms with Crippen molar-refractivity contribution in [1.82, 2.24) is 10.3 Å². The molecule has 1 amide bonds. The summed E-state index contributed by atoms with van der Waals surface area (Å²) in [6.45, 7) is 0.598. The molecular weight excluding hydrogens is 408 g/mol. The quantitative estimate of drug-likeness (QED) is 0.577. The Kier molecular flexibility index (Phi) is 6.65. The van der Waals surface area contributed by atoms with Crippen molar-refractivity contribution in [3.8, 4) is 17.1 Å². The molecule has 27 heavy (non-hydrogen) atoms. The van der Waals surface area contributed by atoms with Gasteiger partial charge in [-0.2, -0.15) is 0 Å². The second-order valence-corrected chi connectivity index (χ2v) is 6.99. The van der Waals surface area contributed by atoms with Crippen LogP contribution in [0.3, 0.4) is 0 Å². The molecule has 1 heterocycles. The smallest absolute Gasteiger partial charge is 0.220 e. The number of nitrogens with zero attached hydrogens (tertiary/aromatic N) is 1. The molecule has 0 saturated heterocycles. The van der Waals surface area contributed by atoms with Crippen molar-refractivity contribution in [3.63, 3.8) is 0 Å². The number of carbonyl (C=O) groups excluding carboxylic acids is 1. The van der Waals surface area contributed by atoms with Crippen LogP contribution in [0, 0.1) is 0 Å². The lowest BCUT2D eigenvalue weighted by Crippen LogP contribution is -2.25. The van der Waals surface area contributed by atoms with E-state index in [9.17, 15) is 4.79 Å². The number of benzene rings is 2. The maximum atomic E-state index is 12.0. The van der Waals surface area contributed by atoms with E-state index < -0.39 is 0 Å². The number of hydrogen-bond donors (Lipinski definition) is 1. The van der Waals surface area contributed by atoms with Gasteiger partial charge in [0.15, 0.2) is 11.7 Å². The lowest BCUT2D eigenvalue weighted by atomic mass is 10.1. The molecule has 0 aliphatic heterocycles. The molecule has 0 aliphatic carbocycles. The fourth-order valence-corrected chi connectivity index (χ4v) is 2.89. The molecule has 0 spiro atoms.